The number of ether oxygens (including phenoxy) is 2. The van der Waals surface area contributed by atoms with Gasteiger partial charge in [0, 0.05) is 30.3 Å². The minimum absolute atomic E-state index is 0.0259. The second-order valence-electron chi connectivity index (χ2n) is 10.2. The molecule has 0 spiro atoms. The molecule has 2 N–H and O–H groups in total. The van der Waals surface area contributed by atoms with Gasteiger partial charge in [0.05, 0.1) is 12.3 Å². The number of amides is 1. The van der Waals surface area contributed by atoms with Gasteiger partial charge in [-0.25, -0.2) is 9.78 Å². The highest BCUT2D eigenvalue weighted by Crippen LogP contribution is 2.26. The Bertz CT molecular complexity index is 868. The zero-order chi connectivity index (χ0) is 24.3. The lowest BCUT2D eigenvalue weighted by Gasteiger charge is -2.44. The van der Waals surface area contributed by atoms with Gasteiger partial charge in [-0.3, -0.25) is 15.1 Å². The van der Waals surface area contributed by atoms with Crippen LogP contribution in [0.2, 0.25) is 0 Å². The molecular weight excluding hydrogens is 420 g/mol. The third kappa shape index (κ3) is 6.49. The van der Waals surface area contributed by atoms with Crippen molar-refractivity contribution in [2.24, 2.45) is 0 Å². The third-order valence-corrected chi connectivity index (χ3v) is 6.20. The van der Waals surface area contributed by atoms with Crippen molar-refractivity contribution in [2.75, 3.05) is 18.9 Å². The van der Waals surface area contributed by atoms with Crippen molar-refractivity contribution in [2.45, 2.75) is 96.9 Å². The number of likely N-dealkylation sites (N-methyl/N-ethyl adjacent to an activating group) is 1. The molecule has 2 saturated heterocycles. The Morgan fingerprint density at radius 3 is 2.67 bits per heavy atom. The van der Waals surface area contributed by atoms with E-state index in [0.717, 1.165) is 25.1 Å². The second-order valence-corrected chi connectivity index (χ2v) is 10.2. The number of rotatable bonds is 5. The summed E-state index contributed by atoms with van der Waals surface area (Å²) in [5.74, 6) is 0.441. The highest BCUT2D eigenvalue weighted by atomic mass is 16.6. The highest BCUT2D eigenvalue weighted by Gasteiger charge is 2.36. The molecule has 2 aliphatic rings. The lowest BCUT2D eigenvalue weighted by Crippen LogP contribution is -2.62. The van der Waals surface area contributed by atoms with Crippen molar-refractivity contribution >= 4 is 11.8 Å². The molecule has 1 amide bonds. The fraction of sp³-hybridized carbons (Fsp3) is 0.708. The van der Waals surface area contributed by atoms with E-state index in [4.69, 9.17) is 9.47 Å². The van der Waals surface area contributed by atoms with Gasteiger partial charge in [-0.2, -0.15) is 5.26 Å². The van der Waals surface area contributed by atoms with E-state index in [1.165, 1.54) is 0 Å². The summed E-state index contributed by atoms with van der Waals surface area (Å²) in [6, 6.07) is 6.00. The van der Waals surface area contributed by atoms with Crippen molar-refractivity contribution in [1.82, 2.24) is 20.1 Å². The minimum atomic E-state index is -0.544. The fourth-order valence-corrected chi connectivity index (χ4v) is 4.73. The number of aromatic nitrogens is 1. The maximum Gasteiger partial charge on any atom is 0.411 e. The molecule has 1 aromatic rings. The van der Waals surface area contributed by atoms with Gasteiger partial charge in [0.25, 0.3) is 0 Å². The van der Waals surface area contributed by atoms with Gasteiger partial charge in [-0.05, 0) is 74.0 Å². The molecule has 5 atom stereocenters. The van der Waals surface area contributed by atoms with Gasteiger partial charge in [0.15, 0.2) is 0 Å². The van der Waals surface area contributed by atoms with Crippen LogP contribution in [0.1, 0.15) is 66.5 Å². The summed E-state index contributed by atoms with van der Waals surface area (Å²) in [4.78, 5) is 21.0. The minimum Gasteiger partial charge on any atom is -0.473 e. The van der Waals surface area contributed by atoms with Crippen LogP contribution < -0.4 is 15.4 Å². The van der Waals surface area contributed by atoms with Crippen molar-refractivity contribution in [3.05, 3.63) is 17.8 Å². The van der Waals surface area contributed by atoms with E-state index in [1.54, 1.807) is 11.0 Å². The Labute approximate surface area is 197 Å². The topological polar surface area (TPSA) is 103 Å². The van der Waals surface area contributed by atoms with Crippen LogP contribution >= 0.6 is 0 Å². The number of likely N-dealkylation sites (tertiary alicyclic amines) is 1. The van der Waals surface area contributed by atoms with Crippen molar-refractivity contribution in [3.63, 3.8) is 0 Å². The molecule has 1 aromatic heterocycles. The van der Waals surface area contributed by atoms with Gasteiger partial charge in [0.1, 0.15) is 23.5 Å². The number of pyridine rings is 1. The molecule has 3 rings (SSSR count). The second kappa shape index (κ2) is 10.1. The van der Waals surface area contributed by atoms with Gasteiger partial charge < -0.3 is 14.8 Å². The summed E-state index contributed by atoms with van der Waals surface area (Å²) in [5, 5.41) is 16.3. The van der Waals surface area contributed by atoms with E-state index in [0.29, 0.717) is 24.0 Å². The van der Waals surface area contributed by atoms with Crippen LogP contribution in [0.25, 0.3) is 0 Å². The summed E-state index contributed by atoms with van der Waals surface area (Å²) in [6.45, 7) is 12.7. The molecule has 182 valence electrons. The first-order valence-electron chi connectivity index (χ1n) is 11.8. The molecule has 33 heavy (non-hydrogen) atoms. The number of carbonyl (C=O) groups is 1. The van der Waals surface area contributed by atoms with E-state index in [2.05, 4.69) is 40.6 Å². The smallest absolute Gasteiger partial charge is 0.411 e. The Balaban J connectivity index is 1.67. The van der Waals surface area contributed by atoms with E-state index < -0.39 is 5.60 Å². The predicted octanol–water partition coefficient (Wildman–Crippen LogP) is 3.52. The summed E-state index contributed by atoms with van der Waals surface area (Å²) in [5.41, 5.74) is 0.511. The molecule has 9 nitrogen and oxygen atoms in total. The third-order valence-electron chi connectivity index (χ3n) is 6.20. The molecule has 0 aliphatic carbocycles. The van der Waals surface area contributed by atoms with Crippen molar-refractivity contribution < 1.29 is 14.3 Å². The summed E-state index contributed by atoms with van der Waals surface area (Å²) in [7, 11) is 2.11. The van der Waals surface area contributed by atoms with Crippen LogP contribution in [0.4, 0.5) is 10.5 Å². The number of carbonyl (C=O) groups excluding carboxylic acids is 1. The first kappa shape index (κ1) is 25.1. The zero-order valence-electron chi connectivity index (χ0n) is 20.9. The first-order valence-corrected chi connectivity index (χ1v) is 11.8. The normalized spacial score (nSPS) is 27.0. The van der Waals surface area contributed by atoms with E-state index in [9.17, 15) is 10.1 Å². The van der Waals surface area contributed by atoms with E-state index in [1.807, 2.05) is 40.7 Å². The number of hydrogen-bond donors (Lipinski definition) is 2. The van der Waals surface area contributed by atoms with Crippen LogP contribution in [-0.2, 0) is 4.74 Å². The lowest BCUT2D eigenvalue weighted by molar-refractivity contribution is -0.00766. The van der Waals surface area contributed by atoms with Gasteiger partial charge >= 0.3 is 6.09 Å². The maximum absolute atomic E-state index is 12.6. The summed E-state index contributed by atoms with van der Waals surface area (Å²) in [6.07, 6.45) is 2.27. The monoisotopic (exact) mass is 458 g/mol. The average Bonchev–Trinajstić information content (AvgIpc) is 3.11. The maximum atomic E-state index is 12.6. The summed E-state index contributed by atoms with van der Waals surface area (Å²) < 4.78 is 11.7. The van der Waals surface area contributed by atoms with E-state index >= 15 is 0 Å². The summed E-state index contributed by atoms with van der Waals surface area (Å²) >= 11 is 0. The molecule has 0 aromatic carbocycles. The molecule has 9 heteroatoms. The first-order chi connectivity index (χ1) is 15.5. The molecule has 1 unspecified atom stereocenters. The average molecular weight is 459 g/mol. The number of nitrogens with one attached hydrogen (secondary N) is 2. The zero-order valence-corrected chi connectivity index (χ0v) is 20.9. The number of nitriles is 1. The van der Waals surface area contributed by atoms with Crippen molar-refractivity contribution in [1.29, 1.82) is 5.26 Å². The van der Waals surface area contributed by atoms with Gasteiger partial charge in [-0.1, -0.05) is 0 Å². The largest absolute Gasteiger partial charge is 0.473 e. The molecule has 2 fully saturated rings. The quantitative estimate of drug-likeness (QED) is 0.691. The predicted molar refractivity (Wildman–Crippen MR) is 127 cm³/mol. The molecule has 0 bridgehead atoms. The van der Waals surface area contributed by atoms with Crippen LogP contribution in [0.5, 0.6) is 5.88 Å². The van der Waals surface area contributed by atoms with Crippen molar-refractivity contribution in [3.8, 4) is 11.9 Å². The fourth-order valence-electron chi connectivity index (χ4n) is 4.73. The van der Waals surface area contributed by atoms with Crippen LogP contribution in [-0.4, -0.2) is 70.6 Å². The molecule has 3 heterocycles. The highest BCUT2D eigenvalue weighted by molar-refractivity contribution is 5.69. The Morgan fingerprint density at radius 2 is 2.09 bits per heavy atom. The number of hydrogen-bond acceptors (Lipinski definition) is 8. The molecule has 2 aliphatic heterocycles. The van der Waals surface area contributed by atoms with Gasteiger partial charge in [0.2, 0.25) is 5.88 Å². The SMILES string of the molecule is C[C@H](Oc1cc(NC2C[C@@H](C)N(C(=O)OC(C)(C)C)[C@H](C)N2)cc(C#N)n1)[C@@H]1CCCN1C. The number of nitrogens with zero attached hydrogens (tertiary/aromatic N) is 4. The molecule has 0 radical (unpaired) electrons. The molecular formula is C24H38N6O3. The Kier molecular flexibility index (Phi) is 7.70. The van der Waals surface area contributed by atoms with Crippen LogP contribution in [0, 0.1) is 11.3 Å². The standard InChI is InChI=1S/C24H38N6O3/c1-15-11-21(26-17(3)30(15)23(31)33-24(4,5)6)27-18-12-19(14-25)28-22(13-18)32-16(2)20-9-8-10-29(20)7/h12-13,15-17,20-21,26H,8-11H2,1-7H3,(H,27,28)/t15-,16+,17-,20+,21?/m1/s1. The Morgan fingerprint density at radius 1 is 1.36 bits per heavy atom. The Hall–Kier alpha value is -2.57. The lowest BCUT2D eigenvalue weighted by atomic mass is 10.1. The van der Waals surface area contributed by atoms with Gasteiger partial charge in [-0.15, -0.1) is 0 Å². The van der Waals surface area contributed by atoms with Crippen LogP contribution in [0.3, 0.4) is 0 Å². The van der Waals surface area contributed by atoms with E-state index in [-0.39, 0.29) is 30.6 Å². The number of anilines is 1. The van der Waals surface area contributed by atoms with Crippen LogP contribution in [0.15, 0.2) is 12.1 Å². The molecule has 0 saturated carbocycles.